The van der Waals surface area contributed by atoms with Crippen LogP contribution in [0, 0.1) is 5.92 Å². The van der Waals surface area contributed by atoms with Gasteiger partial charge < -0.3 is 9.80 Å². The number of carbonyl (C=O) groups excluding carboxylic acids is 1. The van der Waals surface area contributed by atoms with Crippen molar-refractivity contribution in [2.24, 2.45) is 13.0 Å². The Balaban J connectivity index is 1.45. The van der Waals surface area contributed by atoms with E-state index in [1.54, 1.807) is 0 Å². The Hall–Kier alpha value is -2.70. The summed E-state index contributed by atoms with van der Waals surface area (Å²) in [5.74, 6) is 1.20. The predicted molar refractivity (Wildman–Crippen MR) is 116 cm³/mol. The maximum Gasteiger partial charge on any atom is 0.226 e. The van der Waals surface area contributed by atoms with E-state index in [4.69, 9.17) is 10.1 Å². The van der Waals surface area contributed by atoms with Crippen LogP contribution in [-0.4, -0.2) is 50.2 Å². The van der Waals surface area contributed by atoms with Crippen molar-refractivity contribution in [3.8, 4) is 11.3 Å². The summed E-state index contributed by atoms with van der Waals surface area (Å²) >= 11 is 0. The number of nitrogens with zero attached hydrogens (tertiary/aromatic N) is 6. The van der Waals surface area contributed by atoms with Crippen molar-refractivity contribution in [3.05, 3.63) is 36.3 Å². The zero-order chi connectivity index (χ0) is 20.5. The Morgan fingerprint density at radius 3 is 2.77 bits per heavy atom. The van der Waals surface area contributed by atoms with E-state index in [9.17, 15) is 4.79 Å². The summed E-state index contributed by atoms with van der Waals surface area (Å²) in [7, 11) is 1.95. The molecule has 0 spiro atoms. The molecule has 7 nitrogen and oxygen atoms in total. The smallest absolute Gasteiger partial charge is 0.226 e. The fourth-order valence-corrected chi connectivity index (χ4v) is 5.08. The van der Waals surface area contributed by atoms with Gasteiger partial charge in [0.15, 0.2) is 0 Å². The topological polar surface area (TPSA) is 67.2 Å². The van der Waals surface area contributed by atoms with Crippen LogP contribution in [0.25, 0.3) is 11.3 Å². The summed E-state index contributed by atoms with van der Waals surface area (Å²) in [6.45, 7) is 2.86. The number of hydrogen-bond acceptors (Lipinski definition) is 5. The number of allylic oxidation sites excluding steroid dienone is 2. The van der Waals surface area contributed by atoms with E-state index in [1.165, 1.54) is 12.8 Å². The normalized spacial score (nSPS) is 24.0. The second-order valence-electron chi connectivity index (χ2n) is 8.71. The first kappa shape index (κ1) is 19.3. The Morgan fingerprint density at radius 2 is 1.97 bits per heavy atom. The van der Waals surface area contributed by atoms with E-state index in [0.717, 1.165) is 74.6 Å². The van der Waals surface area contributed by atoms with Crippen LogP contribution in [0.2, 0.25) is 0 Å². The Bertz CT molecular complexity index is 945. The molecule has 0 bridgehead atoms. The lowest BCUT2D eigenvalue weighted by Crippen LogP contribution is -2.36. The Morgan fingerprint density at radius 1 is 1.10 bits per heavy atom. The van der Waals surface area contributed by atoms with E-state index in [2.05, 4.69) is 26.9 Å². The first-order valence-electron chi connectivity index (χ1n) is 11.3. The van der Waals surface area contributed by atoms with E-state index >= 15 is 0 Å². The standard InChI is InChI=1S/C23H30N6O/c1-27-16-18(19-11-12-24-23(25-19)28-13-5-6-14-28)21(26-27)20-10-7-15-29(20)22(30)17-8-3-2-4-9-17/h2-3,11-12,16-17,20H,4-10,13-15H2,1H3. The SMILES string of the molecule is Cn1cc(-c2ccnc(N3CCCC3)n2)c(C2CCCN2C(=O)C2CC=CCC2)n1. The van der Waals surface area contributed by atoms with Gasteiger partial charge in [-0.1, -0.05) is 12.2 Å². The lowest BCUT2D eigenvalue weighted by molar-refractivity contribution is -0.136. The minimum Gasteiger partial charge on any atom is -0.341 e. The average Bonchev–Trinajstić information content (AvgIpc) is 3.54. The Labute approximate surface area is 177 Å². The molecule has 0 N–H and O–H groups in total. The molecule has 1 amide bonds. The molecule has 1 aliphatic carbocycles. The van der Waals surface area contributed by atoms with Crippen molar-refractivity contribution in [1.29, 1.82) is 0 Å². The molecule has 0 saturated carbocycles. The van der Waals surface area contributed by atoms with Crippen LogP contribution >= 0.6 is 0 Å². The van der Waals surface area contributed by atoms with Gasteiger partial charge in [0, 0.05) is 50.6 Å². The van der Waals surface area contributed by atoms with Gasteiger partial charge in [0.25, 0.3) is 0 Å². The van der Waals surface area contributed by atoms with Gasteiger partial charge in [-0.15, -0.1) is 0 Å². The van der Waals surface area contributed by atoms with Crippen LogP contribution in [0.4, 0.5) is 5.95 Å². The number of aryl methyl sites for hydroxylation is 1. The van der Waals surface area contributed by atoms with Crippen LogP contribution in [0.15, 0.2) is 30.6 Å². The predicted octanol–water partition coefficient (Wildman–Crippen LogP) is 3.50. The maximum atomic E-state index is 13.3. The van der Waals surface area contributed by atoms with Crippen molar-refractivity contribution in [1.82, 2.24) is 24.6 Å². The minimum atomic E-state index is 0.0322. The fraction of sp³-hybridized carbons (Fsp3) is 0.565. The van der Waals surface area contributed by atoms with E-state index in [-0.39, 0.29) is 12.0 Å². The molecule has 2 unspecified atom stereocenters. The molecule has 0 radical (unpaired) electrons. The highest BCUT2D eigenvalue weighted by molar-refractivity contribution is 5.80. The molecular weight excluding hydrogens is 376 g/mol. The highest BCUT2D eigenvalue weighted by Gasteiger charge is 2.36. The largest absolute Gasteiger partial charge is 0.341 e. The lowest BCUT2D eigenvalue weighted by Gasteiger charge is -2.29. The van der Waals surface area contributed by atoms with Gasteiger partial charge in [-0.05, 0) is 51.0 Å². The van der Waals surface area contributed by atoms with E-state index < -0.39 is 0 Å². The summed E-state index contributed by atoms with van der Waals surface area (Å²) < 4.78 is 1.85. The number of hydrogen-bond donors (Lipinski definition) is 0. The minimum absolute atomic E-state index is 0.0322. The van der Waals surface area contributed by atoms with Crippen molar-refractivity contribution in [2.45, 2.75) is 51.0 Å². The van der Waals surface area contributed by atoms with E-state index in [1.807, 2.05) is 30.2 Å². The summed E-state index contributed by atoms with van der Waals surface area (Å²) in [4.78, 5) is 27.0. The van der Waals surface area contributed by atoms with Gasteiger partial charge in [-0.25, -0.2) is 9.97 Å². The van der Waals surface area contributed by atoms with Gasteiger partial charge in [-0.3, -0.25) is 9.48 Å². The molecule has 2 atom stereocenters. The van der Waals surface area contributed by atoms with Crippen LogP contribution in [0.3, 0.4) is 0 Å². The van der Waals surface area contributed by atoms with Crippen molar-refractivity contribution < 1.29 is 4.79 Å². The molecular formula is C23H30N6O. The van der Waals surface area contributed by atoms with Crippen LogP contribution < -0.4 is 4.90 Å². The lowest BCUT2D eigenvalue weighted by atomic mass is 9.92. The van der Waals surface area contributed by atoms with E-state index in [0.29, 0.717) is 5.91 Å². The van der Waals surface area contributed by atoms with Crippen LogP contribution in [0.5, 0.6) is 0 Å². The van der Waals surface area contributed by atoms with Crippen molar-refractivity contribution >= 4 is 11.9 Å². The monoisotopic (exact) mass is 406 g/mol. The summed E-state index contributed by atoms with van der Waals surface area (Å²) in [5.41, 5.74) is 2.89. The van der Waals surface area contributed by atoms with Crippen molar-refractivity contribution in [2.75, 3.05) is 24.5 Å². The maximum absolute atomic E-state index is 13.3. The highest BCUT2D eigenvalue weighted by Crippen LogP contribution is 2.38. The fourth-order valence-electron chi connectivity index (χ4n) is 5.08. The molecule has 158 valence electrons. The van der Waals surface area contributed by atoms with Gasteiger partial charge >= 0.3 is 0 Å². The first-order chi connectivity index (χ1) is 14.7. The van der Waals surface area contributed by atoms with Gasteiger partial charge in [0.1, 0.15) is 0 Å². The average molecular weight is 407 g/mol. The number of rotatable bonds is 4. The third kappa shape index (κ3) is 3.61. The number of aromatic nitrogens is 4. The van der Waals surface area contributed by atoms with Gasteiger partial charge in [0.2, 0.25) is 11.9 Å². The highest BCUT2D eigenvalue weighted by atomic mass is 16.2. The second kappa shape index (κ2) is 8.20. The zero-order valence-corrected chi connectivity index (χ0v) is 17.7. The molecule has 7 heteroatoms. The molecule has 2 aromatic rings. The number of carbonyl (C=O) groups is 1. The van der Waals surface area contributed by atoms with Crippen LogP contribution in [-0.2, 0) is 11.8 Å². The molecule has 3 aliphatic rings. The number of likely N-dealkylation sites (tertiary alicyclic amines) is 1. The molecule has 5 rings (SSSR count). The summed E-state index contributed by atoms with van der Waals surface area (Å²) in [5, 5.41) is 4.81. The Kier molecular flexibility index (Phi) is 5.27. The number of anilines is 1. The third-order valence-electron chi connectivity index (χ3n) is 6.63. The van der Waals surface area contributed by atoms with Gasteiger partial charge in [-0.2, -0.15) is 5.10 Å². The first-order valence-corrected chi connectivity index (χ1v) is 11.3. The van der Waals surface area contributed by atoms with Crippen LogP contribution in [0.1, 0.15) is 56.7 Å². The van der Waals surface area contributed by atoms with Crippen molar-refractivity contribution in [3.63, 3.8) is 0 Å². The molecule has 30 heavy (non-hydrogen) atoms. The second-order valence-corrected chi connectivity index (χ2v) is 8.71. The van der Waals surface area contributed by atoms with Gasteiger partial charge in [0.05, 0.1) is 17.4 Å². The zero-order valence-electron chi connectivity index (χ0n) is 17.7. The molecule has 2 saturated heterocycles. The summed E-state index contributed by atoms with van der Waals surface area (Å²) in [6, 6.07) is 2.00. The number of amides is 1. The molecule has 2 aliphatic heterocycles. The quantitative estimate of drug-likeness (QED) is 0.727. The third-order valence-corrected chi connectivity index (χ3v) is 6.63. The molecule has 0 aromatic carbocycles. The summed E-state index contributed by atoms with van der Waals surface area (Å²) in [6.07, 6.45) is 15.4. The molecule has 4 heterocycles. The molecule has 2 aromatic heterocycles. The molecule has 2 fully saturated rings.